The number of methoxy groups -OCH3 is 1. The van der Waals surface area contributed by atoms with Crippen LogP contribution in [0.25, 0.3) is 0 Å². The van der Waals surface area contributed by atoms with Gasteiger partial charge in [-0.2, -0.15) is 0 Å². The average Bonchev–Trinajstić information content (AvgIpc) is 3.42. The summed E-state index contributed by atoms with van der Waals surface area (Å²) in [6, 6.07) is 10.8. The first-order valence-electron chi connectivity index (χ1n) is 15.6. The first kappa shape index (κ1) is 33.9. The number of likely N-dealkylation sites (tertiary alicyclic amines) is 1. The normalized spacial score (nSPS) is 26.5. The number of carbonyl (C=O) groups is 5. The first-order chi connectivity index (χ1) is 23.3. The van der Waals surface area contributed by atoms with Crippen molar-refractivity contribution in [1.82, 2.24) is 4.90 Å². The first-order valence-corrected chi connectivity index (χ1v) is 15.6. The predicted octanol–water partition coefficient (Wildman–Crippen LogP) is 1.02. The zero-order chi connectivity index (χ0) is 35.2. The van der Waals surface area contributed by atoms with Crippen molar-refractivity contribution in [3.05, 3.63) is 71.0 Å². The lowest BCUT2D eigenvalue weighted by atomic mass is 9.50. The lowest BCUT2D eigenvalue weighted by Crippen LogP contribution is -2.74. The van der Waals surface area contributed by atoms with E-state index in [1.807, 2.05) is 13.1 Å². The number of carboxylic acids is 2. The summed E-state index contributed by atoms with van der Waals surface area (Å²) in [5.41, 5.74) is -0.359. The largest absolute Gasteiger partial charge is 0.493 e. The molecular formula is C34H35NO14. The van der Waals surface area contributed by atoms with Crippen LogP contribution in [0.15, 0.2) is 54.3 Å². The van der Waals surface area contributed by atoms with Crippen LogP contribution in [-0.2, 0) is 50.0 Å². The molecule has 2 aliphatic carbocycles. The van der Waals surface area contributed by atoms with E-state index < -0.39 is 78.1 Å². The molecule has 2 aromatic carbocycles. The van der Waals surface area contributed by atoms with Crippen LogP contribution in [0.1, 0.15) is 48.5 Å². The highest BCUT2D eigenvalue weighted by atomic mass is 16.6. The number of rotatable bonds is 12. The fourth-order valence-corrected chi connectivity index (χ4v) is 7.62. The average molecular weight is 682 g/mol. The van der Waals surface area contributed by atoms with Crippen molar-refractivity contribution in [3.63, 3.8) is 0 Å². The standard InChI is InChI=1S/C34H35NO14/c1-35-13-12-33-26-18-8-9-20(45-2)28(26)48-29(33)21(10-11-34(33,44)23(35)14-18)46-25(39)15-19(36)31(42)49-27(17-6-4-3-5-7-17)32(43)47-22(30(40)41)16-24(37)38/h3-10,19,22-23,27,29,36,44H,11-16H2,1-2H3,(H,37,38)(H,40,41)/t19-,22+,23-,27-,29+,33+,34-/m0/s1. The van der Waals surface area contributed by atoms with Crippen molar-refractivity contribution in [2.75, 3.05) is 20.7 Å². The van der Waals surface area contributed by atoms with Gasteiger partial charge in [-0.1, -0.05) is 36.4 Å². The van der Waals surface area contributed by atoms with E-state index in [4.69, 9.17) is 28.8 Å². The van der Waals surface area contributed by atoms with Gasteiger partial charge in [0, 0.05) is 23.6 Å². The van der Waals surface area contributed by atoms with Gasteiger partial charge >= 0.3 is 29.8 Å². The topological polar surface area (TPSA) is 216 Å². The molecule has 2 heterocycles. The van der Waals surface area contributed by atoms with Crippen LogP contribution in [0.5, 0.6) is 11.5 Å². The van der Waals surface area contributed by atoms with Crippen molar-refractivity contribution in [2.24, 2.45) is 0 Å². The number of ether oxygens (including phenoxy) is 5. The Morgan fingerprint density at radius 1 is 1.02 bits per heavy atom. The molecule has 0 saturated carbocycles. The lowest BCUT2D eigenvalue weighted by Gasteiger charge is -2.61. The maximum atomic E-state index is 13.2. The van der Waals surface area contributed by atoms with E-state index in [0.29, 0.717) is 30.9 Å². The Hall–Kier alpha value is -4.99. The second-order valence-electron chi connectivity index (χ2n) is 12.6. The van der Waals surface area contributed by atoms with E-state index >= 15 is 0 Å². The van der Waals surface area contributed by atoms with Gasteiger partial charge in [0.15, 0.2) is 23.7 Å². The molecule has 260 valence electrons. The molecule has 2 bridgehead atoms. The molecule has 15 heteroatoms. The number of likely N-dealkylation sites (N-methyl/N-ethyl adjacent to an activating group) is 1. The molecular weight excluding hydrogens is 646 g/mol. The Morgan fingerprint density at radius 3 is 2.43 bits per heavy atom. The van der Waals surface area contributed by atoms with E-state index in [0.717, 1.165) is 11.1 Å². The monoisotopic (exact) mass is 681 g/mol. The Morgan fingerprint density at radius 2 is 1.76 bits per heavy atom. The van der Waals surface area contributed by atoms with E-state index in [1.54, 1.807) is 18.2 Å². The molecule has 4 N–H and O–H groups in total. The molecule has 0 aromatic heterocycles. The van der Waals surface area contributed by atoms with Gasteiger partial charge in [0.05, 0.1) is 31.0 Å². The molecule has 0 unspecified atom stereocenters. The van der Waals surface area contributed by atoms with Gasteiger partial charge in [-0.15, -0.1) is 0 Å². The van der Waals surface area contributed by atoms with Crippen molar-refractivity contribution < 1.29 is 68.1 Å². The third-order valence-corrected chi connectivity index (χ3v) is 9.87. The van der Waals surface area contributed by atoms with E-state index in [9.17, 15) is 39.3 Å². The molecule has 49 heavy (non-hydrogen) atoms. The highest BCUT2D eigenvalue weighted by molar-refractivity contribution is 5.87. The molecule has 1 spiro atoms. The Labute approximate surface area is 279 Å². The summed E-state index contributed by atoms with van der Waals surface area (Å²) in [5.74, 6) is -6.11. The number of carbonyl (C=O) groups excluding carboxylic acids is 3. The molecule has 1 fully saturated rings. The summed E-state index contributed by atoms with van der Waals surface area (Å²) in [5, 5.41) is 41.3. The lowest BCUT2D eigenvalue weighted by molar-refractivity contribution is -0.183. The zero-order valence-electron chi connectivity index (χ0n) is 26.6. The van der Waals surface area contributed by atoms with E-state index in [1.165, 1.54) is 31.4 Å². The summed E-state index contributed by atoms with van der Waals surface area (Å²) in [6.07, 6.45) is -6.18. The molecule has 0 radical (unpaired) electrons. The zero-order valence-corrected chi connectivity index (χ0v) is 26.6. The van der Waals surface area contributed by atoms with Crippen LogP contribution in [-0.4, -0.2) is 106 Å². The van der Waals surface area contributed by atoms with Crippen LogP contribution in [0.4, 0.5) is 0 Å². The highest BCUT2D eigenvalue weighted by Crippen LogP contribution is 2.65. The van der Waals surface area contributed by atoms with Crippen LogP contribution >= 0.6 is 0 Å². The minimum absolute atomic E-state index is 0.0332. The molecule has 6 rings (SSSR count). The number of esters is 3. The molecule has 1 saturated heterocycles. The minimum Gasteiger partial charge on any atom is -0.493 e. The number of aliphatic hydroxyl groups is 2. The molecule has 7 atom stereocenters. The van der Waals surface area contributed by atoms with Crippen molar-refractivity contribution in [1.29, 1.82) is 0 Å². The van der Waals surface area contributed by atoms with Gasteiger partial charge in [0.2, 0.25) is 12.2 Å². The summed E-state index contributed by atoms with van der Waals surface area (Å²) < 4.78 is 27.7. The maximum absolute atomic E-state index is 13.2. The van der Waals surface area contributed by atoms with Crippen molar-refractivity contribution >= 4 is 29.8 Å². The Kier molecular flexibility index (Phi) is 8.85. The minimum atomic E-state index is -2.13. The SMILES string of the molecule is COc1ccc2c3c1O[C@@H]1C(OC(=O)C[C@H](O)C(=O)O[C@H](C(=O)O[C@H](CC(=O)O)C(=O)O)c4ccccc4)=CC[C@]4(O)[C@H](C2)N(C)CC[C@@]314. The maximum Gasteiger partial charge on any atom is 0.353 e. The van der Waals surface area contributed by atoms with Gasteiger partial charge in [-0.05, 0) is 44.1 Å². The van der Waals surface area contributed by atoms with Crippen LogP contribution < -0.4 is 9.47 Å². The smallest absolute Gasteiger partial charge is 0.353 e. The quantitative estimate of drug-likeness (QED) is 0.182. The Bertz CT molecular complexity index is 1720. The van der Waals surface area contributed by atoms with Gasteiger partial charge in [0.1, 0.15) is 5.76 Å². The number of aliphatic hydroxyl groups excluding tert-OH is 1. The van der Waals surface area contributed by atoms with Gasteiger partial charge in [-0.3, -0.25) is 9.59 Å². The van der Waals surface area contributed by atoms with E-state index in [-0.39, 0.29) is 23.8 Å². The second-order valence-corrected chi connectivity index (χ2v) is 12.6. The summed E-state index contributed by atoms with van der Waals surface area (Å²) in [6.45, 7) is 0.642. The van der Waals surface area contributed by atoms with Gasteiger partial charge in [0.25, 0.3) is 0 Å². The fourth-order valence-electron chi connectivity index (χ4n) is 7.62. The fraction of sp³-hybridized carbons (Fsp3) is 0.441. The van der Waals surface area contributed by atoms with Crippen molar-refractivity contribution in [3.8, 4) is 11.5 Å². The third kappa shape index (κ3) is 5.66. The summed E-state index contributed by atoms with van der Waals surface area (Å²) in [7, 11) is 3.46. The van der Waals surface area contributed by atoms with Gasteiger partial charge < -0.3 is 49.0 Å². The molecule has 0 amide bonds. The Balaban J connectivity index is 1.18. The third-order valence-electron chi connectivity index (χ3n) is 9.87. The second kappa shape index (κ2) is 12.8. The highest BCUT2D eigenvalue weighted by Gasteiger charge is 2.72. The molecule has 15 nitrogen and oxygen atoms in total. The number of aliphatic carboxylic acids is 2. The predicted molar refractivity (Wildman–Crippen MR) is 163 cm³/mol. The van der Waals surface area contributed by atoms with Crippen LogP contribution in [0.3, 0.4) is 0 Å². The molecule has 2 aromatic rings. The van der Waals surface area contributed by atoms with Crippen LogP contribution in [0.2, 0.25) is 0 Å². The number of nitrogens with zero attached hydrogens (tertiary/aromatic N) is 1. The molecule has 2 aliphatic heterocycles. The van der Waals surface area contributed by atoms with Gasteiger partial charge in [-0.25, -0.2) is 14.4 Å². The number of hydrogen-bond donors (Lipinski definition) is 4. The van der Waals surface area contributed by atoms with Crippen LogP contribution in [0, 0.1) is 0 Å². The number of carboxylic acid groups (broad SMARTS) is 2. The number of hydrogen-bond acceptors (Lipinski definition) is 13. The number of piperidine rings is 1. The number of benzene rings is 2. The summed E-state index contributed by atoms with van der Waals surface area (Å²) >= 11 is 0. The van der Waals surface area contributed by atoms with Crippen molar-refractivity contribution in [2.45, 2.75) is 73.6 Å². The summed E-state index contributed by atoms with van der Waals surface area (Å²) in [4.78, 5) is 63.7. The molecule has 4 aliphatic rings. The van der Waals surface area contributed by atoms with E-state index in [2.05, 4.69) is 4.90 Å².